The van der Waals surface area contributed by atoms with Gasteiger partial charge in [0.25, 0.3) is 0 Å². The predicted molar refractivity (Wildman–Crippen MR) is 97.8 cm³/mol. The van der Waals surface area contributed by atoms with E-state index in [9.17, 15) is 4.79 Å². The van der Waals surface area contributed by atoms with Gasteiger partial charge in [-0.15, -0.1) is 24.8 Å². The number of hydrogen-bond donors (Lipinski definition) is 1. The summed E-state index contributed by atoms with van der Waals surface area (Å²) in [7, 11) is 0. The molecule has 0 aliphatic carbocycles. The zero-order valence-electron chi connectivity index (χ0n) is 14.2. The molecule has 2 saturated heterocycles. The van der Waals surface area contributed by atoms with Gasteiger partial charge in [-0.25, -0.2) is 0 Å². The van der Waals surface area contributed by atoms with Crippen LogP contribution in [0.4, 0.5) is 0 Å². The zero-order chi connectivity index (χ0) is 15.4. The number of piperazine rings is 1. The molecule has 138 valence electrons. The second-order valence-corrected chi connectivity index (χ2v) is 6.48. The first-order valence-corrected chi connectivity index (χ1v) is 8.34. The molecule has 1 amide bonds. The molecular formula is C16H28Cl2N4O2. The molecule has 3 rings (SSSR count). The Kier molecular flexibility index (Phi) is 9.05. The summed E-state index contributed by atoms with van der Waals surface area (Å²) in [6.07, 6.45) is 2.96. The van der Waals surface area contributed by atoms with Crippen LogP contribution in [0.2, 0.25) is 0 Å². The van der Waals surface area contributed by atoms with Crippen molar-refractivity contribution in [1.82, 2.24) is 20.3 Å². The smallest absolute Gasteiger partial charge is 0.222 e. The van der Waals surface area contributed by atoms with E-state index >= 15 is 0 Å². The van der Waals surface area contributed by atoms with Crippen molar-refractivity contribution in [3.8, 4) is 0 Å². The number of carbonyl (C=O) groups is 1. The van der Waals surface area contributed by atoms with E-state index in [1.54, 1.807) is 0 Å². The van der Waals surface area contributed by atoms with Gasteiger partial charge in [0.2, 0.25) is 5.91 Å². The number of nitrogens with zero attached hydrogens (tertiary/aromatic N) is 3. The lowest BCUT2D eigenvalue weighted by molar-refractivity contribution is -0.133. The number of amides is 1. The van der Waals surface area contributed by atoms with Crippen LogP contribution >= 0.6 is 24.8 Å². The van der Waals surface area contributed by atoms with Crippen LogP contribution in [0.25, 0.3) is 0 Å². The van der Waals surface area contributed by atoms with Gasteiger partial charge in [-0.3, -0.25) is 9.69 Å². The van der Waals surface area contributed by atoms with Crippen molar-refractivity contribution in [2.75, 3.05) is 39.3 Å². The van der Waals surface area contributed by atoms with Crippen LogP contribution in [-0.2, 0) is 11.3 Å². The van der Waals surface area contributed by atoms with Crippen molar-refractivity contribution in [2.45, 2.75) is 32.7 Å². The summed E-state index contributed by atoms with van der Waals surface area (Å²) in [5.74, 6) is 1.87. The Morgan fingerprint density at radius 1 is 1.33 bits per heavy atom. The predicted octanol–water partition coefficient (Wildman–Crippen LogP) is 1.86. The van der Waals surface area contributed by atoms with Gasteiger partial charge >= 0.3 is 0 Å². The average Bonchev–Trinajstić information content (AvgIpc) is 3.17. The minimum atomic E-state index is 0. The molecule has 1 N–H and O–H groups in total. The third-order valence-corrected chi connectivity index (χ3v) is 4.72. The Morgan fingerprint density at radius 3 is 2.67 bits per heavy atom. The lowest BCUT2D eigenvalue weighted by Gasteiger charge is -2.34. The first kappa shape index (κ1) is 21.2. The summed E-state index contributed by atoms with van der Waals surface area (Å²) in [6.45, 7) is 8.42. The minimum Gasteiger partial charge on any atom is -0.361 e. The first-order valence-electron chi connectivity index (χ1n) is 8.34. The molecule has 0 spiro atoms. The molecule has 2 fully saturated rings. The molecule has 1 aromatic rings. The lowest BCUT2D eigenvalue weighted by Crippen LogP contribution is -2.48. The molecule has 1 unspecified atom stereocenters. The number of nitrogens with one attached hydrogen (secondary N) is 1. The molecular weight excluding hydrogens is 351 g/mol. The summed E-state index contributed by atoms with van der Waals surface area (Å²) in [6, 6.07) is 1.98. The van der Waals surface area contributed by atoms with E-state index in [0.29, 0.717) is 18.2 Å². The van der Waals surface area contributed by atoms with Gasteiger partial charge in [-0.2, -0.15) is 0 Å². The van der Waals surface area contributed by atoms with Crippen molar-refractivity contribution in [2.24, 2.45) is 5.92 Å². The highest BCUT2D eigenvalue weighted by molar-refractivity contribution is 5.85. The monoisotopic (exact) mass is 378 g/mol. The molecule has 8 heteroatoms. The van der Waals surface area contributed by atoms with Crippen LogP contribution in [0.15, 0.2) is 10.6 Å². The van der Waals surface area contributed by atoms with Crippen LogP contribution in [0.5, 0.6) is 0 Å². The average molecular weight is 379 g/mol. The highest BCUT2D eigenvalue weighted by Crippen LogP contribution is 2.16. The molecule has 0 radical (unpaired) electrons. The topological polar surface area (TPSA) is 61.6 Å². The minimum absolute atomic E-state index is 0. The zero-order valence-corrected chi connectivity index (χ0v) is 15.8. The molecule has 0 bridgehead atoms. The molecule has 3 heterocycles. The molecule has 24 heavy (non-hydrogen) atoms. The number of halogens is 2. The van der Waals surface area contributed by atoms with Crippen molar-refractivity contribution in [3.05, 3.63) is 17.5 Å². The van der Waals surface area contributed by atoms with Crippen molar-refractivity contribution in [1.29, 1.82) is 0 Å². The largest absolute Gasteiger partial charge is 0.361 e. The van der Waals surface area contributed by atoms with Gasteiger partial charge in [-0.05, 0) is 38.8 Å². The fraction of sp³-hybridized carbons (Fsp3) is 0.750. The van der Waals surface area contributed by atoms with E-state index in [0.717, 1.165) is 63.7 Å². The summed E-state index contributed by atoms with van der Waals surface area (Å²) >= 11 is 0. The number of rotatable bonds is 5. The van der Waals surface area contributed by atoms with Gasteiger partial charge in [0.15, 0.2) is 0 Å². The van der Waals surface area contributed by atoms with Gasteiger partial charge < -0.3 is 14.7 Å². The van der Waals surface area contributed by atoms with E-state index in [4.69, 9.17) is 4.52 Å². The maximum absolute atomic E-state index is 12.3. The second kappa shape index (κ2) is 10.2. The highest BCUT2D eigenvalue weighted by atomic mass is 35.5. The van der Waals surface area contributed by atoms with Crippen LogP contribution in [0.1, 0.15) is 30.7 Å². The van der Waals surface area contributed by atoms with Crippen molar-refractivity contribution in [3.63, 3.8) is 0 Å². The molecule has 0 aromatic carbocycles. The molecule has 2 aliphatic rings. The first-order chi connectivity index (χ1) is 10.7. The third-order valence-electron chi connectivity index (χ3n) is 4.72. The highest BCUT2D eigenvalue weighted by Gasteiger charge is 2.23. The normalized spacial score (nSPS) is 21.2. The lowest BCUT2D eigenvalue weighted by atomic mass is 10.0. The Hall–Kier alpha value is -0.820. The third kappa shape index (κ3) is 5.92. The number of aryl methyl sites for hydroxylation is 1. The maximum atomic E-state index is 12.3. The Balaban J connectivity index is 0.00000144. The van der Waals surface area contributed by atoms with E-state index in [2.05, 4.69) is 15.4 Å². The van der Waals surface area contributed by atoms with Gasteiger partial charge in [0.1, 0.15) is 5.76 Å². The van der Waals surface area contributed by atoms with Gasteiger partial charge in [-0.1, -0.05) is 5.16 Å². The molecule has 6 nitrogen and oxygen atoms in total. The Labute approximate surface area is 156 Å². The number of carbonyl (C=O) groups excluding carboxylic acids is 1. The van der Waals surface area contributed by atoms with E-state index in [1.165, 1.54) is 6.42 Å². The van der Waals surface area contributed by atoms with E-state index < -0.39 is 0 Å². The fourth-order valence-corrected chi connectivity index (χ4v) is 3.32. The molecule has 2 aliphatic heterocycles. The number of aromatic nitrogens is 1. The van der Waals surface area contributed by atoms with Crippen molar-refractivity contribution >= 4 is 30.7 Å². The summed E-state index contributed by atoms with van der Waals surface area (Å²) in [5.41, 5.74) is 0.978. The summed E-state index contributed by atoms with van der Waals surface area (Å²) in [4.78, 5) is 16.6. The van der Waals surface area contributed by atoms with Gasteiger partial charge in [0, 0.05) is 45.2 Å². The molecule has 1 aromatic heterocycles. The van der Waals surface area contributed by atoms with Crippen molar-refractivity contribution < 1.29 is 9.32 Å². The Morgan fingerprint density at radius 2 is 2.08 bits per heavy atom. The maximum Gasteiger partial charge on any atom is 0.222 e. The van der Waals surface area contributed by atoms with Crippen LogP contribution in [0.3, 0.4) is 0 Å². The summed E-state index contributed by atoms with van der Waals surface area (Å²) in [5, 5.41) is 7.40. The SMILES string of the molecule is Cc1cc(CN2CCN(C(=O)CCC3CCNC3)CC2)no1.Cl.Cl. The fourth-order valence-electron chi connectivity index (χ4n) is 3.32. The van der Waals surface area contributed by atoms with Gasteiger partial charge in [0.05, 0.1) is 5.69 Å². The standard InChI is InChI=1S/C16H26N4O2.2ClH/c1-13-10-15(18-22-13)12-19-6-8-20(9-7-19)16(21)3-2-14-4-5-17-11-14;;/h10,14,17H,2-9,11-12H2,1H3;2*1H. The number of hydrogen-bond acceptors (Lipinski definition) is 5. The van der Waals surface area contributed by atoms with E-state index in [-0.39, 0.29) is 24.8 Å². The van der Waals surface area contributed by atoms with E-state index in [1.807, 2.05) is 17.9 Å². The van der Waals surface area contributed by atoms with Crippen LogP contribution < -0.4 is 5.32 Å². The summed E-state index contributed by atoms with van der Waals surface area (Å²) < 4.78 is 5.10. The van der Waals surface area contributed by atoms with Crippen LogP contribution in [-0.4, -0.2) is 60.1 Å². The Bertz CT molecular complexity index is 498. The quantitative estimate of drug-likeness (QED) is 0.846. The second-order valence-electron chi connectivity index (χ2n) is 6.48. The molecule has 1 atom stereocenters. The molecule has 0 saturated carbocycles. The van der Waals surface area contributed by atoms with Crippen LogP contribution in [0, 0.1) is 12.8 Å².